The Morgan fingerprint density at radius 3 is 2.69 bits per heavy atom. The van der Waals surface area contributed by atoms with Gasteiger partial charge < -0.3 is 14.4 Å². The number of carbonyl (C=O) groups is 1. The minimum Gasteiger partial charge on any atom is -0.491 e. The van der Waals surface area contributed by atoms with Crippen LogP contribution in [0.25, 0.3) is 21.8 Å². The molecule has 0 fully saturated rings. The van der Waals surface area contributed by atoms with E-state index >= 15 is 0 Å². The summed E-state index contributed by atoms with van der Waals surface area (Å²) in [5.74, 6) is 0.0295. The Morgan fingerprint density at radius 1 is 1.10 bits per heavy atom. The number of hydrogen-bond donors (Lipinski definition) is 1. The Hall–Kier alpha value is -2.99. The Morgan fingerprint density at radius 2 is 1.86 bits per heavy atom. The molecule has 0 bridgehead atoms. The maximum absolute atomic E-state index is 11.5. The van der Waals surface area contributed by atoms with Crippen molar-refractivity contribution in [3.8, 4) is 5.75 Å². The van der Waals surface area contributed by atoms with Crippen LogP contribution >= 0.6 is 11.8 Å². The number of aliphatic carboxylic acids is 1. The fourth-order valence-electron chi connectivity index (χ4n) is 3.36. The Balaban J connectivity index is 1.58. The number of nitrogens with zero attached hydrogens (tertiary/aromatic N) is 2. The average Bonchev–Trinajstić information content (AvgIpc) is 3.09. The molecule has 0 saturated heterocycles. The van der Waals surface area contributed by atoms with Crippen LogP contribution in [0.15, 0.2) is 71.9 Å². The lowest BCUT2D eigenvalue weighted by Gasteiger charge is -2.14. The van der Waals surface area contributed by atoms with Crippen molar-refractivity contribution in [3.05, 3.63) is 66.7 Å². The zero-order chi connectivity index (χ0) is 20.2. The molecule has 0 radical (unpaired) electrons. The predicted molar refractivity (Wildman–Crippen MR) is 117 cm³/mol. The molecular formula is C23H22N2O3S. The molecule has 0 aliphatic heterocycles. The highest BCUT2D eigenvalue weighted by molar-refractivity contribution is 8.00. The first kappa shape index (κ1) is 19.3. The van der Waals surface area contributed by atoms with Gasteiger partial charge in [-0.15, -0.1) is 0 Å². The highest BCUT2D eigenvalue weighted by atomic mass is 32.2. The maximum Gasteiger partial charge on any atom is 0.317 e. The molecule has 0 saturated carbocycles. The molecule has 0 amide bonds. The zero-order valence-electron chi connectivity index (χ0n) is 16.1. The number of carboxylic acid groups (broad SMARTS) is 1. The lowest BCUT2D eigenvalue weighted by Crippen LogP contribution is -2.17. The fourth-order valence-corrected chi connectivity index (χ4v) is 4.35. The number of imidazole rings is 1. The molecule has 1 aromatic heterocycles. The fraction of sp³-hybridized carbons (Fsp3) is 0.217. The van der Waals surface area contributed by atoms with Gasteiger partial charge in [-0.2, -0.15) is 0 Å². The van der Waals surface area contributed by atoms with E-state index in [4.69, 9.17) is 4.74 Å². The largest absolute Gasteiger partial charge is 0.491 e. The summed E-state index contributed by atoms with van der Waals surface area (Å²) >= 11 is 1.29. The molecule has 1 atom stereocenters. The maximum atomic E-state index is 11.5. The molecule has 4 rings (SSSR count). The molecule has 6 heteroatoms. The second-order valence-electron chi connectivity index (χ2n) is 6.71. The van der Waals surface area contributed by atoms with Crippen LogP contribution in [-0.2, 0) is 11.3 Å². The van der Waals surface area contributed by atoms with Crippen LogP contribution in [-0.4, -0.2) is 32.5 Å². The summed E-state index contributed by atoms with van der Waals surface area (Å²) in [6.07, 6.45) is 0.537. The summed E-state index contributed by atoms with van der Waals surface area (Å²) in [6, 6.07) is 22.0. The van der Waals surface area contributed by atoms with Crippen LogP contribution in [0.1, 0.15) is 13.3 Å². The van der Waals surface area contributed by atoms with Crippen molar-refractivity contribution in [2.75, 3.05) is 6.61 Å². The van der Waals surface area contributed by atoms with Gasteiger partial charge >= 0.3 is 5.97 Å². The highest BCUT2D eigenvalue weighted by Crippen LogP contribution is 2.29. The van der Waals surface area contributed by atoms with E-state index in [1.165, 1.54) is 11.8 Å². The smallest absolute Gasteiger partial charge is 0.317 e. The Labute approximate surface area is 173 Å². The van der Waals surface area contributed by atoms with E-state index in [-0.39, 0.29) is 0 Å². The van der Waals surface area contributed by atoms with Crippen molar-refractivity contribution in [1.29, 1.82) is 0 Å². The van der Waals surface area contributed by atoms with Gasteiger partial charge in [-0.1, -0.05) is 67.2 Å². The molecule has 0 aliphatic carbocycles. The topological polar surface area (TPSA) is 64.4 Å². The summed E-state index contributed by atoms with van der Waals surface area (Å²) in [4.78, 5) is 16.2. The van der Waals surface area contributed by atoms with Crippen LogP contribution in [0, 0.1) is 0 Å². The van der Waals surface area contributed by atoms with Crippen LogP contribution in [0.3, 0.4) is 0 Å². The van der Waals surface area contributed by atoms with Crippen molar-refractivity contribution < 1.29 is 14.6 Å². The zero-order valence-corrected chi connectivity index (χ0v) is 16.9. The molecule has 4 aromatic rings. The van der Waals surface area contributed by atoms with E-state index in [1.807, 2.05) is 55.5 Å². The van der Waals surface area contributed by atoms with Crippen molar-refractivity contribution in [3.63, 3.8) is 0 Å². The van der Waals surface area contributed by atoms with E-state index in [0.29, 0.717) is 24.7 Å². The number of rotatable bonds is 8. The molecule has 0 aliphatic rings. The third kappa shape index (κ3) is 4.07. The summed E-state index contributed by atoms with van der Waals surface area (Å²) < 4.78 is 8.15. The Kier molecular flexibility index (Phi) is 5.71. The first-order valence-corrected chi connectivity index (χ1v) is 10.5. The van der Waals surface area contributed by atoms with Gasteiger partial charge in [-0.25, -0.2) is 4.98 Å². The molecule has 1 N–H and O–H groups in total. The minimum atomic E-state index is -0.817. The van der Waals surface area contributed by atoms with Gasteiger partial charge in [-0.3, -0.25) is 4.79 Å². The second-order valence-corrected chi connectivity index (χ2v) is 7.88. The highest BCUT2D eigenvalue weighted by Gasteiger charge is 2.21. The third-order valence-corrected chi connectivity index (χ3v) is 6.18. The standard InChI is InChI=1S/C23H22N2O3S/c1-2-21(22(26)27)29-23-24-18-11-5-6-12-19(18)25(23)14-15-28-20-13-7-9-16-8-3-4-10-17(16)20/h3-13,21H,2,14-15H2,1H3,(H,26,27). The number of benzene rings is 3. The van der Waals surface area contributed by atoms with E-state index < -0.39 is 11.2 Å². The van der Waals surface area contributed by atoms with E-state index in [2.05, 4.69) is 27.8 Å². The van der Waals surface area contributed by atoms with Gasteiger partial charge in [0.2, 0.25) is 0 Å². The van der Waals surface area contributed by atoms with Crippen LogP contribution in [0.2, 0.25) is 0 Å². The number of fused-ring (bicyclic) bond motifs is 2. The summed E-state index contributed by atoms with van der Waals surface area (Å²) in [5.41, 5.74) is 1.84. The van der Waals surface area contributed by atoms with Crippen molar-refractivity contribution >= 4 is 39.5 Å². The molecule has 5 nitrogen and oxygen atoms in total. The summed E-state index contributed by atoms with van der Waals surface area (Å²) in [5, 5.41) is 11.9. The lowest BCUT2D eigenvalue weighted by molar-refractivity contribution is -0.136. The SMILES string of the molecule is CCC(Sc1nc2ccccc2n1CCOc1cccc2ccccc12)C(=O)O. The molecule has 1 heterocycles. The van der Waals surface area contributed by atoms with Gasteiger partial charge in [0, 0.05) is 5.39 Å². The normalized spacial score (nSPS) is 12.3. The average molecular weight is 407 g/mol. The lowest BCUT2D eigenvalue weighted by atomic mass is 10.1. The predicted octanol–water partition coefficient (Wildman–Crippen LogP) is 5.22. The second kappa shape index (κ2) is 8.57. The molecule has 1 unspecified atom stereocenters. The Bertz CT molecular complexity index is 1150. The van der Waals surface area contributed by atoms with E-state index in [9.17, 15) is 9.90 Å². The number of ether oxygens (including phenoxy) is 1. The molecule has 0 spiro atoms. The number of hydrogen-bond acceptors (Lipinski definition) is 4. The van der Waals surface area contributed by atoms with Gasteiger partial charge in [0.25, 0.3) is 0 Å². The monoisotopic (exact) mass is 406 g/mol. The summed E-state index contributed by atoms with van der Waals surface area (Å²) in [6.45, 7) is 2.93. The third-order valence-electron chi connectivity index (χ3n) is 4.84. The molecule has 3 aromatic carbocycles. The number of carboxylic acids is 1. The number of aromatic nitrogens is 2. The quantitative estimate of drug-likeness (QED) is 0.406. The van der Waals surface area contributed by atoms with Gasteiger partial charge in [0.15, 0.2) is 5.16 Å². The van der Waals surface area contributed by atoms with Crippen LogP contribution in [0.5, 0.6) is 5.75 Å². The molecular weight excluding hydrogens is 384 g/mol. The van der Waals surface area contributed by atoms with Gasteiger partial charge in [-0.05, 0) is 30.0 Å². The van der Waals surface area contributed by atoms with Crippen molar-refractivity contribution in [2.24, 2.45) is 0 Å². The van der Waals surface area contributed by atoms with Crippen LogP contribution < -0.4 is 4.74 Å². The van der Waals surface area contributed by atoms with E-state index in [1.54, 1.807) is 0 Å². The first-order valence-electron chi connectivity index (χ1n) is 9.62. The number of thioether (sulfide) groups is 1. The summed E-state index contributed by atoms with van der Waals surface area (Å²) in [7, 11) is 0. The first-order chi connectivity index (χ1) is 14.2. The minimum absolute atomic E-state index is 0.464. The molecule has 29 heavy (non-hydrogen) atoms. The molecule has 148 valence electrons. The van der Waals surface area contributed by atoms with Crippen LogP contribution in [0.4, 0.5) is 0 Å². The number of para-hydroxylation sites is 2. The van der Waals surface area contributed by atoms with E-state index in [0.717, 1.165) is 27.6 Å². The van der Waals surface area contributed by atoms with Gasteiger partial charge in [0.1, 0.15) is 17.6 Å². The van der Waals surface area contributed by atoms with Gasteiger partial charge in [0.05, 0.1) is 17.6 Å². The van der Waals surface area contributed by atoms with Crippen molar-refractivity contribution in [2.45, 2.75) is 30.3 Å². The van der Waals surface area contributed by atoms with Crippen molar-refractivity contribution in [1.82, 2.24) is 9.55 Å².